The second kappa shape index (κ2) is 6.76. The Morgan fingerprint density at radius 3 is 2.64 bits per heavy atom. The molecule has 5 rings (SSSR count). The van der Waals surface area contributed by atoms with E-state index < -0.39 is 0 Å². The lowest BCUT2D eigenvalue weighted by Gasteiger charge is -2.63. The van der Waals surface area contributed by atoms with Crippen molar-refractivity contribution >= 4 is 17.6 Å². The van der Waals surface area contributed by atoms with E-state index in [9.17, 15) is 9.59 Å². The van der Waals surface area contributed by atoms with Crippen LogP contribution < -0.4 is 10.6 Å². The average Bonchev–Trinajstić information content (AvgIpc) is 3.27. The molecule has 1 spiro atoms. The maximum absolute atomic E-state index is 13.1. The van der Waals surface area contributed by atoms with Crippen molar-refractivity contribution in [1.82, 2.24) is 10.2 Å². The molecule has 0 aromatic heterocycles. The first-order valence-corrected chi connectivity index (χ1v) is 10.7. The number of hydrogen-bond donors (Lipinski definition) is 2. The molecule has 2 unspecified atom stereocenters. The number of likely N-dealkylation sites (tertiary alicyclic amines) is 1. The van der Waals surface area contributed by atoms with Gasteiger partial charge in [-0.15, -0.1) is 0 Å². The van der Waals surface area contributed by atoms with E-state index in [1.807, 2.05) is 24.0 Å². The normalized spacial score (nSPS) is 27.8. The van der Waals surface area contributed by atoms with Crippen molar-refractivity contribution in [2.75, 3.05) is 18.5 Å². The molecule has 150 valence electrons. The lowest BCUT2D eigenvalue weighted by Crippen LogP contribution is -2.73. The SMILES string of the molecule is Cc1ccc(C(=O)NC2CC2)cc1NC(=O)N1CC2(CCC2)C1C1CCCO1. The van der Waals surface area contributed by atoms with Crippen molar-refractivity contribution < 1.29 is 14.3 Å². The third-order valence-corrected chi connectivity index (χ3v) is 7.03. The summed E-state index contributed by atoms with van der Waals surface area (Å²) in [5.41, 5.74) is 2.56. The zero-order valence-corrected chi connectivity index (χ0v) is 16.5. The summed E-state index contributed by atoms with van der Waals surface area (Å²) in [6.45, 7) is 3.59. The number of carbonyl (C=O) groups is 2. The Morgan fingerprint density at radius 2 is 2.00 bits per heavy atom. The summed E-state index contributed by atoms with van der Waals surface area (Å²) in [5.74, 6) is -0.0624. The van der Waals surface area contributed by atoms with Crippen LogP contribution in [0.15, 0.2) is 18.2 Å². The van der Waals surface area contributed by atoms with E-state index in [2.05, 4.69) is 10.6 Å². The summed E-state index contributed by atoms with van der Waals surface area (Å²) in [4.78, 5) is 27.4. The zero-order valence-electron chi connectivity index (χ0n) is 16.5. The largest absolute Gasteiger partial charge is 0.376 e. The fourth-order valence-corrected chi connectivity index (χ4v) is 5.06. The molecule has 1 aromatic rings. The Balaban J connectivity index is 1.30. The minimum Gasteiger partial charge on any atom is -0.376 e. The molecule has 1 aromatic carbocycles. The van der Waals surface area contributed by atoms with Crippen molar-refractivity contribution in [3.63, 3.8) is 0 Å². The molecule has 2 saturated carbocycles. The third kappa shape index (κ3) is 3.08. The molecule has 28 heavy (non-hydrogen) atoms. The average molecular weight is 383 g/mol. The molecule has 2 saturated heterocycles. The number of aryl methyl sites for hydroxylation is 1. The van der Waals surface area contributed by atoms with Gasteiger partial charge in [-0.05, 0) is 63.1 Å². The summed E-state index contributed by atoms with van der Waals surface area (Å²) >= 11 is 0. The third-order valence-electron chi connectivity index (χ3n) is 7.03. The highest BCUT2D eigenvalue weighted by Gasteiger charge is 2.60. The number of nitrogens with zero attached hydrogens (tertiary/aromatic N) is 1. The summed E-state index contributed by atoms with van der Waals surface area (Å²) in [7, 11) is 0. The maximum atomic E-state index is 13.1. The molecule has 0 radical (unpaired) electrons. The van der Waals surface area contributed by atoms with E-state index in [0.717, 1.165) is 44.4 Å². The Labute approximate surface area is 166 Å². The van der Waals surface area contributed by atoms with Crippen LogP contribution >= 0.6 is 0 Å². The Morgan fingerprint density at radius 1 is 1.18 bits per heavy atom. The van der Waals surface area contributed by atoms with E-state index >= 15 is 0 Å². The van der Waals surface area contributed by atoms with Gasteiger partial charge in [0.05, 0.1) is 12.1 Å². The molecule has 0 bridgehead atoms. The molecular weight excluding hydrogens is 354 g/mol. The van der Waals surface area contributed by atoms with Gasteiger partial charge in [0, 0.05) is 35.9 Å². The smallest absolute Gasteiger partial charge is 0.322 e. The standard InChI is InChI=1S/C22H29N3O3/c1-14-5-6-15(20(26)23-16-7-8-16)12-17(14)24-21(27)25-13-22(9-3-10-22)19(25)18-4-2-11-28-18/h5-6,12,16,18-19H,2-4,7-11,13H2,1H3,(H,23,26)(H,24,27). The number of rotatable bonds is 4. The molecule has 6 nitrogen and oxygen atoms in total. The number of carbonyl (C=O) groups excluding carboxylic acids is 2. The van der Waals surface area contributed by atoms with Gasteiger partial charge in [0.25, 0.3) is 5.91 Å². The van der Waals surface area contributed by atoms with Crippen molar-refractivity contribution in [2.24, 2.45) is 5.41 Å². The van der Waals surface area contributed by atoms with Crippen molar-refractivity contribution in [3.8, 4) is 0 Å². The van der Waals surface area contributed by atoms with E-state index in [-0.39, 0.29) is 29.5 Å². The van der Waals surface area contributed by atoms with Gasteiger partial charge >= 0.3 is 6.03 Å². The molecule has 2 aliphatic heterocycles. The highest BCUT2D eigenvalue weighted by atomic mass is 16.5. The molecule has 2 heterocycles. The topological polar surface area (TPSA) is 70.7 Å². The fourth-order valence-electron chi connectivity index (χ4n) is 5.06. The van der Waals surface area contributed by atoms with E-state index in [0.29, 0.717) is 17.3 Å². The molecule has 3 amide bonds. The van der Waals surface area contributed by atoms with Gasteiger partial charge in [0.1, 0.15) is 0 Å². The molecule has 4 aliphatic rings. The van der Waals surface area contributed by atoms with Crippen LogP contribution in [0.1, 0.15) is 60.9 Å². The van der Waals surface area contributed by atoms with Gasteiger partial charge in [-0.2, -0.15) is 0 Å². The number of anilines is 1. The number of hydrogen-bond acceptors (Lipinski definition) is 3. The van der Waals surface area contributed by atoms with Crippen molar-refractivity contribution in [2.45, 2.75) is 70.1 Å². The molecule has 2 N–H and O–H groups in total. The molecule has 4 fully saturated rings. The van der Waals surface area contributed by atoms with Crippen LogP contribution in [0.2, 0.25) is 0 Å². The minimum atomic E-state index is -0.0686. The van der Waals surface area contributed by atoms with E-state index in [1.54, 1.807) is 6.07 Å². The van der Waals surface area contributed by atoms with Gasteiger partial charge in [-0.3, -0.25) is 4.79 Å². The van der Waals surface area contributed by atoms with Gasteiger partial charge in [0.15, 0.2) is 0 Å². The van der Waals surface area contributed by atoms with Crippen molar-refractivity contribution in [1.29, 1.82) is 0 Å². The Hall–Kier alpha value is -2.08. The van der Waals surface area contributed by atoms with Crippen LogP contribution in [-0.4, -0.2) is 48.2 Å². The molecule has 2 atom stereocenters. The fraction of sp³-hybridized carbons (Fsp3) is 0.636. The van der Waals surface area contributed by atoms with Gasteiger partial charge in [0.2, 0.25) is 0 Å². The summed E-state index contributed by atoms with van der Waals surface area (Å²) < 4.78 is 5.96. The van der Waals surface area contributed by atoms with Gasteiger partial charge in [-0.25, -0.2) is 4.79 Å². The monoisotopic (exact) mass is 383 g/mol. The number of amides is 3. The summed E-state index contributed by atoms with van der Waals surface area (Å²) in [5, 5.41) is 6.07. The predicted molar refractivity (Wildman–Crippen MR) is 106 cm³/mol. The Bertz CT molecular complexity index is 794. The minimum absolute atomic E-state index is 0.0624. The number of benzene rings is 1. The van der Waals surface area contributed by atoms with Crippen LogP contribution in [0.25, 0.3) is 0 Å². The number of ether oxygens (including phenoxy) is 1. The van der Waals surface area contributed by atoms with Crippen LogP contribution in [0.3, 0.4) is 0 Å². The lowest BCUT2D eigenvalue weighted by atomic mass is 9.56. The van der Waals surface area contributed by atoms with E-state index in [1.165, 1.54) is 19.3 Å². The zero-order chi connectivity index (χ0) is 19.3. The maximum Gasteiger partial charge on any atom is 0.322 e. The Kier molecular flexibility index (Phi) is 4.34. The first-order chi connectivity index (χ1) is 13.6. The van der Waals surface area contributed by atoms with Crippen LogP contribution in [0.5, 0.6) is 0 Å². The number of nitrogens with one attached hydrogen (secondary N) is 2. The van der Waals surface area contributed by atoms with Crippen LogP contribution in [0.4, 0.5) is 10.5 Å². The molecule has 6 heteroatoms. The summed E-state index contributed by atoms with van der Waals surface area (Å²) in [6, 6.07) is 5.97. The summed E-state index contributed by atoms with van der Waals surface area (Å²) in [6.07, 6.45) is 8.10. The predicted octanol–water partition coefficient (Wildman–Crippen LogP) is 3.45. The quantitative estimate of drug-likeness (QED) is 0.837. The number of urea groups is 1. The second-order valence-corrected chi connectivity index (χ2v) is 9.05. The second-order valence-electron chi connectivity index (χ2n) is 9.05. The van der Waals surface area contributed by atoms with Gasteiger partial charge in [-0.1, -0.05) is 12.5 Å². The van der Waals surface area contributed by atoms with Gasteiger partial charge < -0.3 is 20.3 Å². The lowest BCUT2D eigenvalue weighted by molar-refractivity contribution is -0.146. The molecule has 2 aliphatic carbocycles. The highest BCUT2D eigenvalue weighted by molar-refractivity contribution is 5.98. The first kappa shape index (κ1) is 18.0. The van der Waals surface area contributed by atoms with Crippen LogP contribution in [-0.2, 0) is 4.74 Å². The molecular formula is C22H29N3O3. The van der Waals surface area contributed by atoms with E-state index in [4.69, 9.17) is 4.74 Å². The highest BCUT2D eigenvalue weighted by Crippen LogP contribution is 2.55. The first-order valence-electron chi connectivity index (χ1n) is 10.7. The van der Waals surface area contributed by atoms with Crippen molar-refractivity contribution in [3.05, 3.63) is 29.3 Å². The van der Waals surface area contributed by atoms with Crippen LogP contribution in [0, 0.1) is 12.3 Å².